The number of nitrogens with one attached hydrogen (secondary N) is 2. The molecule has 2 amide bonds. The lowest BCUT2D eigenvalue weighted by Gasteiger charge is -2.72. The van der Waals surface area contributed by atoms with E-state index in [0.717, 1.165) is 96.3 Å². The fourth-order valence-corrected chi connectivity index (χ4v) is 14.1. The van der Waals surface area contributed by atoms with Crippen LogP contribution in [-0.2, 0) is 23.9 Å². The topological polar surface area (TPSA) is 146 Å². The lowest BCUT2D eigenvalue weighted by Crippen LogP contribution is -2.67. The van der Waals surface area contributed by atoms with Crippen molar-refractivity contribution in [3.63, 3.8) is 0 Å². The minimum Gasteiger partial charge on any atom is -0.481 e. The molecule has 0 aliphatic heterocycles. The van der Waals surface area contributed by atoms with Crippen LogP contribution < -0.4 is 10.6 Å². The first-order valence-electron chi connectivity index (χ1n) is 22.2. The molecule has 9 heteroatoms. The van der Waals surface area contributed by atoms with Gasteiger partial charge >= 0.3 is 11.9 Å². The van der Waals surface area contributed by atoms with Crippen LogP contribution in [0.5, 0.6) is 0 Å². The molecule has 9 nitrogen and oxygen atoms in total. The van der Waals surface area contributed by atoms with E-state index < -0.39 is 17.4 Å². The smallest absolute Gasteiger partial charge is 0.309 e. The van der Waals surface area contributed by atoms with Crippen molar-refractivity contribution in [1.29, 1.82) is 5.26 Å². The molecule has 5 rings (SSSR count). The molecule has 56 heavy (non-hydrogen) atoms. The molecule has 0 heterocycles. The number of rotatable bonds is 16. The van der Waals surface area contributed by atoms with E-state index in [1.807, 2.05) is 6.07 Å². The van der Waals surface area contributed by atoms with E-state index in [0.29, 0.717) is 42.6 Å². The Balaban J connectivity index is 1.24. The Hall–Kier alpha value is -2.89. The van der Waals surface area contributed by atoms with Gasteiger partial charge in [0, 0.05) is 18.4 Å². The number of esters is 1. The second kappa shape index (κ2) is 16.8. The SMILES string of the molecule is C=C(C)[C@@H]1CC[C@]2(C(=O)NCCCCCCCCC(=O)NCC#N)CC[C@]3(C)[C@H](CC[C@@H]4[C@@]5(C)CC[C@H](OC(=O)CC(C)(C)C(=O)O)C(C)(C)[C@@H]5CC[C@]43C)[C@@H]12. The maximum Gasteiger partial charge on any atom is 0.309 e. The Morgan fingerprint density at radius 3 is 2.16 bits per heavy atom. The first kappa shape index (κ1) is 44.2. The number of nitriles is 1. The molecule has 0 bridgehead atoms. The minimum absolute atomic E-state index is 0.0511. The zero-order chi connectivity index (χ0) is 41.3. The van der Waals surface area contributed by atoms with Crippen molar-refractivity contribution in [3.05, 3.63) is 12.2 Å². The summed E-state index contributed by atoms with van der Waals surface area (Å²) in [5.74, 6) is 0.935. The molecular weight excluding hydrogens is 703 g/mol. The van der Waals surface area contributed by atoms with Gasteiger partial charge in [0.25, 0.3) is 0 Å². The molecule has 0 aromatic rings. The maximum atomic E-state index is 14.5. The summed E-state index contributed by atoms with van der Waals surface area (Å²) >= 11 is 0. The Kier molecular flexibility index (Phi) is 13.2. The molecule has 0 saturated heterocycles. The highest BCUT2D eigenvalue weighted by Gasteiger charge is 2.72. The predicted octanol–water partition coefficient (Wildman–Crippen LogP) is 9.54. The zero-order valence-corrected chi connectivity index (χ0v) is 36.2. The van der Waals surface area contributed by atoms with Crippen LogP contribution in [0.1, 0.15) is 171 Å². The fourth-order valence-electron chi connectivity index (χ4n) is 14.1. The Morgan fingerprint density at radius 2 is 1.50 bits per heavy atom. The third-order valence-electron chi connectivity index (χ3n) is 17.4. The number of hydrogen-bond acceptors (Lipinski definition) is 6. The van der Waals surface area contributed by atoms with E-state index in [-0.39, 0.29) is 58.0 Å². The van der Waals surface area contributed by atoms with Gasteiger partial charge in [-0.25, -0.2) is 0 Å². The van der Waals surface area contributed by atoms with Crippen LogP contribution in [0.4, 0.5) is 0 Å². The largest absolute Gasteiger partial charge is 0.481 e. The minimum atomic E-state index is -1.16. The number of nitrogens with zero attached hydrogens (tertiary/aromatic N) is 1. The summed E-state index contributed by atoms with van der Waals surface area (Å²) in [7, 11) is 0. The van der Waals surface area contributed by atoms with Gasteiger partial charge in [0.1, 0.15) is 12.6 Å². The molecule has 5 saturated carbocycles. The van der Waals surface area contributed by atoms with Gasteiger partial charge in [0.2, 0.25) is 11.8 Å². The van der Waals surface area contributed by atoms with Gasteiger partial charge in [-0.05, 0) is 144 Å². The molecule has 0 unspecified atom stereocenters. The van der Waals surface area contributed by atoms with Crippen LogP contribution in [0.2, 0.25) is 0 Å². The average molecular weight is 778 g/mol. The van der Waals surface area contributed by atoms with Crippen molar-refractivity contribution in [1.82, 2.24) is 10.6 Å². The standard InChI is InChI=1S/C47H75N3O6/c1-31(2)32-19-24-47(40(53)50-28-15-13-11-10-12-14-16-37(51)49-29-27-48)26-25-45(8)33(39(32)47)17-18-35-44(7)22-21-36(56-38(52)30-42(3,4)41(54)55)43(5,6)34(44)20-23-46(35,45)9/h32-36,39H,1,10-26,28-30H2,2-9H3,(H,49,51)(H,50,53)(H,54,55)/t32-,33+,34-,35+,36-,39+,44-,45+,46+,47-/m0/s1. The third kappa shape index (κ3) is 7.94. The molecule has 5 aliphatic carbocycles. The van der Waals surface area contributed by atoms with Gasteiger partial charge in [0.15, 0.2) is 0 Å². The lowest BCUT2D eigenvalue weighted by atomic mass is 9.32. The number of allylic oxidation sites excluding steroid dienone is 1. The van der Waals surface area contributed by atoms with Gasteiger partial charge in [-0.3, -0.25) is 19.2 Å². The van der Waals surface area contributed by atoms with Crippen molar-refractivity contribution in [2.75, 3.05) is 13.1 Å². The number of fused-ring (bicyclic) bond motifs is 7. The van der Waals surface area contributed by atoms with E-state index in [1.165, 1.54) is 12.0 Å². The predicted molar refractivity (Wildman–Crippen MR) is 219 cm³/mol. The Morgan fingerprint density at radius 1 is 0.821 bits per heavy atom. The number of carboxylic acids is 1. The van der Waals surface area contributed by atoms with Crippen LogP contribution in [0, 0.1) is 73.4 Å². The molecule has 5 aliphatic rings. The molecule has 0 spiro atoms. The molecule has 0 aromatic carbocycles. The van der Waals surface area contributed by atoms with Crippen LogP contribution in [-0.4, -0.2) is 48.1 Å². The van der Waals surface area contributed by atoms with Crippen LogP contribution in [0.25, 0.3) is 0 Å². The first-order valence-corrected chi connectivity index (χ1v) is 22.2. The molecule has 10 atom stereocenters. The zero-order valence-electron chi connectivity index (χ0n) is 36.2. The summed E-state index contributed by atoms with van der Waals surface area (Å²) < 4.78 is 6.18. The number of unbranched alkanes of at least 4 members (excludes halogenated alkanes) is 5. The number of carbonyl (C=O) groups is 4. The summed E-state index contributed by atoms with van der Waals surface area (Å²) in [6.07, 6.45) is 16.5. The molecule has 0 radical (unpaired) electrons. The summed E-state index contributed by atoms with van der Waals surface area (Å²) in [5, 5.41) is 24.3. The number of ether oxygens (including phenoxy) is 1. The third-order valence-corrected chi connectivity index (χ3v) is 17.4. The van der Waals surface area contributed by atoms with Gasteiger partial charge in [-0.1, -0.05) is 72.5 Å². The highest BCUT2D eigenvalue weighted by atomic mass is 16.5. The van der Waals surface area contributed by atoms with E-state index in [4.69, 9.17) is 10.00 Å². The monoisotopic (exact) mass is 778 g/mol. The Bertz CT molecular complexity index is 1550. The lowest BCUT2D eigenvalue weighted by molar-refractivity contribution is -0.249. The fraction of sp³-hybridized carbons (Fsp3) is 0.851. The van der Waals surface area contributed by atoms with Crippen LogP contribution >= 0.6 is 0 Å². The van der Waals surface area contributed by atoms with E-state index >= 15 is 0 Å². The number of carboxylic acid groups (broad SMARTS) is 1. The van der Waals surface area contributed by atoms with Crippen LogP contribution in [0.15, 0.2) is 12.2 Å². The van der Waals surface area contributed by atoms with Gasteiger partial charge in [-0.15, -0.1) is 0 Å². The normalized spacial score (nSPS) is 37.1. The van der Waals surface area contributed by atoms with Crippen molar-refractivity contribution in [2.45, 2.75) is 177 Å². The second-order valence-electron chi connectivity index (χ2n) is 21.1. The van der Waals surface area contributed by atoms with Crippen molar-refractivity contribution in [3.8, 4) is 6.07 Å². The van der Waals surface area contributed by atoms with Crippen molar-refractivity contribution < 1.29 is 29.0 Å². The summed E-state index contributed by atoms with van der Waals surface area (Å²) in [5.41, 5.74) is -0.113. The summed E-state index contributed by atoms with van der Waals surface area (Å²) in [6.45, 7) is 23.0. The number of hydrogen-bond donors (Lipinski definition) is 3. The number of amides is 2. The Labute approximate surface area is 338 Å². The van der Waals surface area contributed by atoms with Crippen molar-refractivity contribution in [2.24, 2.45) is 62.1 Å². The summed E-state index contributed by atoms with van der Waals surface area (Å²) in [4.78, 5) is 51.1. The first-order chi connectivity index (χ1) is 26.2. The van der Waals surface area contributed by atoms with Crippen molar-refractivity contribution >= 4 is 23.8 Å². The second-order valence-corrected chi connectivity index (χ2v) is 21.1. The van der Waals surface area contributed by atoms with E-state index in [2.05, 4.69) is 58.8 Å². The van der Waals surface area contributed by atoms with E-state index in [9.17, 15) is 24.3 Å². The molecule has 3 N–H and O–H groups in total. The summed E-state index contributed by atoms with van der Waals surface area (Å²) in [6, 6.07) is 1.94. The quantitative estimate of drug-likeness (QED) is 0.0613. The number of aliphatic carboxylic acids is 1. The molecule has 5 fully saturated rings. The van der Waals surface area contributed by atoms with Gasteiger partial charge < -0.3 is 20.5 Å². The molecular formula is C47H75N3O6. The van der Waals surface area contributed by atoms with Gasteiger partial charge in [-0.2, -0.15) is 5.26 Å². The maximum absolute atomic E-state index is 14.5. The molecule has 314 valence electrons. The average Bonchev–Trinajstić information content (AvgIpc) is 3.52. The van der Waals surface area contributed by atoms with Gasteiger partial charge in [0.05, 0.1) is 23.3 Å². The highest BCUT2D eigenvalue weighted by Crippen LogP contribution is 2.77. The van der Waals surface area contributed by atoms with Crippen LogP contribution in [0.3, 0.4) is 0 Å². The highest BCUT2D eigenvalue weighted by molar-refractivity contribution is 5.84. The molecule has 0 aromatic heterocycles. The number of carbonyl (C=O) groups excluding carboxylic acids is 3. The van der Waals surface area contributed by atoms with E-state index in [1.54, 1.807) is 13.8 Å².